The molecule has 0 aliphatic carbocycles. The molecule has 3 N–H and O–H groups in total. The van der Waals surface area contributed by atoms with E-state index < -0.39 is 18.6 Å². The van der Waals surface area contributed by atoms with E-state index in [0.29, 0.717) is 35.7 Å². The summed E-state index contributed by atoms with van der Waals surface area (Å²) in [5.41, 5.74) is 6.01. The van der Waals surface area contributed by atoms with Gasteiger partial charge in [0.15, 0.2) is 0 Å². The van der Waals surface area contributed by atoms with Crippen molar-refractivity contribution in [1.82, 2.24) is 20.4 Å². The molecule has 0 aliphatic heterocycles. The first-order chi connectivity index (χ1) is 19.0. The van der Waals surface area contributed by atoms with Gasteiger partial charge in [-0.25, -0.2) is 0 Å². The molecule has 1 atom stereocenters. The summed E-state index contributed by atoms with van der Waals surface area (Å²) < 4.78 is 11.7. The van der Waals surface area contributed by atoms with Crippen LogP contribution in [0.2, 0.25) is 0 Å². The van der Waals surface area contributed by atoms with E-state index in [2.05, 4.69) is 68.3 Å². The van der Waals surface area contributed by atoms with Gasteiger partial charge in [0.25, 0.3) is 5.89 Å². The Morgan fingerprint density at radius 3 is 2.52 bits per heavy atom. The third-order valence-corrected chi connectivity index (χ3v) is 6.57. The Balaban J connectivity index is 1.83. The summed E-state index contributed by atoms with van der Waals surface area (Å²) in [6, 6.07) is 10.4. The number of aliphatic hydroxyl groups excluding tert-OH is 2. The summed E-state index contributed by atoms with van der Waals surface area (Å²) in [6.45, 7) is 14.0. The second-order valence-corrected chi connectivity index (χ2v) is 11.2. The molecule has 1 amide bonds. The lowest BCUT2D eigenvalue weighted by Gasteiger charge is -2.20. The summed E-state index contributed by atoms with van der Waals surface area (Å²) in [5, 5.41) is 25.7. The first-order valence-electron chi connectivity index (χ1n) is 14.0. The third-order valence-electron chi connectivity index (χ3n) is 6.57. The van der Waals surface area contributed by atoms with Gasteiger partial charge in [-0.05, 0) is 78.7 Å². The van der Waals surface area contributed by atoms with Gasteiger partial charge in [0.2, 0.25) is 11.7 Å². The van der Waals surface area contributed by atoms with Crippen LogP contribution in [-0.2, 0) is 17.8 Å². The van der Waals surface area contributed by atoms with Gasteiger partial charge < -0.3 is 29.7 Å². The highest BCUT2D eigenvalue weighted by Gasteiger charge is 2.18. The van der Waals surface area contributed by atoms with Crippen LogP contribution in [0.5, 0.6) is 5.75 Å². The number of aromatic nitrogens is 2. The van der Waals surface area contributed by atoms with Crippen LogP contribution in [0.3, 0.4) is 0 Å². The first-order valence-corrected chi connectivity index (χ1v) is 14.0. The van der Waals surface area contributed by atoms with Crippen LogP contribution < -0.4 is 10.1 Å². The largest absolute Gasteiger partial charge is 0.490 e. The molecule has 1 aromatic heterocycles. The summed E-state index contributed by atoms with van der Waals surface area (Å²) >= 11 is 0. The maximum atomic E-state index is 11.2. The van der Waals surface area contributed by atoms with Gasteiger partial charge in [0.05, 0.1) is 0 Å². The van der Waals surface area contributed by atoms with Gasteiger partial charge in [-0.15, -0.1) is 0 Å². The normalized spacial score (nSPS) is 12.4. The average Bonchev–Trinajstić information content (AvgIpc) is 3.40. The Morgan fingerprint density at radius 1 is 1.12 bits per heavy atom. The van der Waals surface area contributed by atoms with Gasteiger partial charge in [-0.1, -0.05) is 45.8 Å². The van der Waals surface area contributed by atoms with Crippen LogP contribution in [0, 0.1) is 12.8 Å². The molecule has 0 radical (unpaired) electrons. The lowest BCUT2D eigenvalue weighted by Crippen LogP contribution is -2.36. The highest BCUT2D eigenvalue weighted by Crippen LogP contribution is 2.32. The Bertz CT molecular complexity index is 1270. The number of carbonyl (C=O) groups excluding carboxylic acids is 1. The van der Waals surface area contributed by atoms with E-state index >= 15 is 0 Å². The maximum absolute atomic E-state index is 11.2. The van der Waals surface area contributed by atoms with Gasteiger partial charge in [0.1, 0.15) is 25.1 Å². The monoisotopic (exact) mass is 552 g/mol. The highest BCUT2D eigenvalue weighted by molar-refractivity contribution is 5.76. The molecule has 2 aromatic carbocycles. The minimum atomic E-state index is -0.907. The number of carbonyl (C=O) groups is 1. The van der Waals surface area contributed by atoms with Gasteiger partial charge in [-0.3, -0.25) is 4.79 Å². The van der Waals surface area contributed by atoms with Gasteiger partial charge >= 0.3 is 0 Å². The van der Waals surface area contributed by atoms with E-state index in [-0.39, 0.29) is 13.2 Å². The number of ether oxygens (including phenoxy) is 1. The molecule has 0 saturated heterocycles. The second kappa shape index (κ2) is 14.4. The van der Waals surface area contributed by atoms with Crippen molar-refractivity contribution < 1.29 is 24.3 Å². The lowest BCUT2D eigenvalue weighted by atomic mass is 9.97. The Kier molecular flexibility index (Phi) is 11.2. The minimum absolute atomic E-state index is 0.00262. The molecular weight excluding hydrogens is 508 g/mol. The van der Waals surface area contributed by atoms with Crippen molar-refractivity contribution in [2.75, 3.05) is 33.4 Å². The fourth-order valence-electron chi connectivity index (χ4n) is 4.70. The number of aliphatic hydroxyl groups is 2. The van der Waals surface area contributed by atoms with Crippen molar-refractivity contribution in [3.63, 3.8) is 0 Å². The standard InChI is InChI=1S/C31H44N4O5/c1-8-23-12-25(9-21(6)29(23)39-18-27(37)14-32-28(38)17-36)30-33-31(40-34-30)26-11-22(10-24(13-26)20(4)5)16-35(7)15-19(2)3/h9-13,19-20,27,36-37H,8,14-18H2,1-7H3,(H,32,38)/t27-/m0/s1. The molecule has 0 saturated carbocycles. The Labute approximate surface area is 237 Å². The lowest BCUT2D eigenvalue weighted by molar-refractivity contribution is -0.124. The predicted molar refractivity (Wildman–Crippen MR) is 156 cm³/mol. The topological polar surface area (TPSA) is 121 Å². The molecule has 3 rings (SSSR count). The minimum Gasteiger partial charge on any atom is -0.490 e. The zero-order valence-corrected chi connectivity index (χ0v) is 24.8. The van der Waals surface area contributed by atoms with Crippen molar-refractivity contribution in [2.24, 2.45) is 5.92 Å². The van der Waals surface area contributed by atoms with Crippen molar-refractivity contribution in [3.8, 4) is 28.6 Å². The fourth-order valence-corrected chi connectivity index (χ4v) is 4.70. The van der Waals surface area contributed by atoms with E-state index in [1.54, 1.807) is 0 Å². The molecule has 0 aliphatic rings. The molecule has 0 unspecified atom stereocenters. The molecule has 0 bridgehead atoms. The zero-order valence-electron chi connectivity index (χ0n) is 24.8. The highest BCUT2D eigenvalue weighted by atomic mass is 16.5. The number of aryl methyl sites for hydroxylation is 2. The van der Waals surface area contributed by atoms with Crippen molar-refractivity contribution >= 4 is 5.91 Å². The molecule has 3 aromatic rings. The second-order valence-electron chi connectivity index (χ2n) is 11.2. The maximum Gasteiger partial charge on any atom is 0.258 e. The smallest absolute Gasteiger partial charge is 0.258 e. The van der Waals surface area contributed by atoms with E-state index in [1.165, 1.54) is 11.1 Å². The van der Waals surface area contributed by atoms with E-state index in [4.69, 9.17) is 19.4 Å². The number of hydrogen-bond donors (Lipinski definition) is 3. The quantitative estimate of drug-likeness (QED) is 0.270. The number of benzene rings is 2. The molecule has 9 heteroatoms. The van der Waals surface area contributed by atoms with Crippen molar-refractivity contribution in [1.29, 1.82) is 0 Å². The van der Waals surface area contributed by atoms with Gasteiger partial charge in [0, 0.05) is 30.8 Å². The van der Waals surface area contributed by atoms with Crippen LogP contribution >= 0.6 is 0 Å². The molecule has 0 spiro atoms. The number of nitrogens with zero attached hydrogens (tertiary/aromatic N) is 3. The number of amides is 1. The summed E-state index contributed by atoms with van der Waals surface area (Å²) in [5.74, 6) is 2.08. The Morgan fingerprint density at radius 2 is 1.88 bits per heavy atom. The Hall–Kier alpha value is -3.27. The number of hydrogen-bond acceptors (Lipinski definition) is 8. The number of rotatable bonds is 14. The van der Waals surface area contributed by atoms with Crippen LogP contribution in [0.4, 0.5) is 0 Å². The average molecular weight is 553 g/mol. The molecule has 40 heavy (non-hydrogen) atoms. The number of nitrogens with one attached hydrogen (secondary N) is 1. The van der Waals surface area contributed by atoms with Crippen molar-refractivity contribution in [2.45, 2.75) is 66.5 Å². The van der Waals surface area contributed by atoms with E-state index in [9.17, 15) is 9.90 Å². The molecule has 218 valence electrons. The molecule has 1 heterocycles. The SMILES string of the molecule is CCc1cc(-c2noc(-c3cc(CN(C)CC(C)C)cc(C(C)C)c3)n2)cc(C)c1OC[C@@H](O)CNC(=O)CO. The van der Waals surface area contributed by atoms with Crippen LogP contribution in [0.1, 0.15) is 62.8 Å². The van der Waals surface area contributed by atoms with Crippen LogP contribution in [0.25, 0.3) is 22.8 Å². The zero-order chi connectivity index (χ0) is 29.4. The van der Waals surface area contributed by atoms with Gasteiger partial charge in [-0.2, -0.15) is 4.98 Å². The first kappa shape index (κ1) is 31.3. The predicted octanol–water partition coefficient (Wildman–Crippen LogP) is 4.33. The summed E-state index contributed by atoms with van der Waals surface area (Å²) in [7, 11) is 2.14. The fraction of sp³-hybridized carbons (Fsp3) is 0.516. The van der Waals surface area contributed by atoms with E-state index in [0.717, 1.165) is 35.3 Å². The molecule has 9 nitrogen and oxygen atoms in total. The van der Waals surface area contributed by atoms with Crippen LogP contribution in [0.15, 0.2) is 34.9 Å². The molecule has 0 fully saturated rings. The molecular formula is C31H44N4O5. The third kappa shape index (κ3) is 8.61. The van der Waals surface area contributed by atoms with Crippen molar-refractivity contribution in [3.05, 3.63) is 52.6 Å². The summed E-state index contributed by atoms with van der Waals surface area (Å²) in [6.07, 6.45) is -0.203. The van der Waals surface area contributed by atoms with Crippen LogP contribution in [-0.4, -0.2) is 70.6 Å². The summed E-state index contributed by atoms with van der Waals surface area (Å²) in [4.78, 5) is 18.3. The van der Waals surface area contributed by atoms with E-state index in [1.807, 2.05) is 26.0 Å².